The van der Waals surface area contributed by atoms with Crippen molar-refractivity contribution in [3.8, 4) is 0 Å². The highest BCUT2D eigenvalue weighted by Crippen LogP contribution is 2.02. The molecule has 3 nitrogen and oxygen atoms in total. The van der Waals surface area contributed by atoms with E-state index in [2.05, 4.69) is 11.9 Å². The molecule has 0 heterocycles. The molecule has 0 spiro atoms. The topological polar surface area (TPSA) is 55.1 Å². The highest BCUT2D eigenvalue weighted by molar-refractivity contribution is 5.96. The Morgan fingerprint density at radius 1 is 1.62 bits per heavy atom. The number of carbonyl (C=O) groups excluding carboxylic acids is 1. The Morgan fingerprint density at radius 3 is 2.62 bits per heavy atom. The highest BCUT2D eigenvalue weighted by Gasteiger charge is 2.02. The molecule has 0 aliphatic carbocycles. The fraction of sp³-hybridized carbons (Fsp3) is 0.300. The molecule has 0 aliphatic heterocycles. The molecule has 0 aliphatic rings. The van der Waals surface area contributed by atoms with Crippen LogP contribution in [0.25, 0.3) is 0 Å². The van der Waals surface area contributed by atoms with Gasteiger partial charge in [0.15, 0.2) is 0 Å². The molecule has 0 rings (SSSR count). The predicted molar refractivity (Wildman–Crippen MR) is 54.9 cm³/mol. The molecular weight excluding hydrogens is 164 g/mol. The minimum absolute atomic E-state index is 0.126. The maximum absolute atomic E-state index is 11.3. The smallest absolute Gasteiger partial charge is 0.251 e. The first-order valence-corrected chi connectivity index (χ1v) is 4.16. The Labute approximate surface area is 79.0 Å². The third-order valence-corrected chi connectivity index (χ3v) is 1.47. The lowest BCUT2D eigenvalue weighted by molar-refractivity contribution is -0.117. The lowest BCUT2D eigenvalue weighted by atomic mass is 10.1. The predicted octanol–water partition coefficient (Wildman–Crippen LogP) is 1.10. The van der Waals surface area contributed by atoms with E-state index in [1.807, 2.05) is 13.8 Å². The summed E-state index contributed by atoms with van der Waals surface area (Å²) >= 11 is 0. The number of carbonyl (C=O) groups is 1. The van der Waals surface area contributed by atoms with Crippen molar-refractivity contribution < 1.29 is 4.79 Å². The van der Waals surface area contributed by atoms with Gasteiger partial charge in [-0.1, -0.05) is 12.7 Å². The van der Waals surface area contributed by atoms with E-state index in [0.29, 0.717) is 12.1 Å². The van der Waals surface area contributed by atoms with E-state index in [9.17, 15) is 4.79 Å². The molecule has 0 radical (unpaired) electrons. The van der Waals surface area contributed by atoms with Crippen LogP contribution in [0.2, 0.25) is 0 Å². The summed E-state index contributed by atoms with van der Waals surface area (Å²) in [6.45, 7) is 7.85. The van der Waals surface area contributed by atoms with Crippen LogP contribution >= 0.6 is 0 Å². The van der Waals surface area contributed by atoms with Gasteiger partial charge >= 0.3 is 0 Å². The fourth-order valence-corrected chi connectivity index (χ4v) is 0.773. The van der Waals surface area contributed by atoms with E-state index in [1.165, 1.54) is 12.3 Å². The second kappa shape index (κ2) is 6.06. The maximum atomic E-state index is 11.3. The zero-order valence-corrected chi connectivity index (χ0v) is 8.13. The first kappa shape index (κ1) is 11.5. The van der Waals surface area contributed by atoms with Crippen molar-refractivity contribution in [1.29, 1.82) is 0 Å². The molecule has 72 valence electrons. The molecule has 0 aromatic carbocycles. The Kier molecular flexibility index (Phi) is 5.35. The van der Waals surface area contributed by atoms with Gasteiger partial charge in [-0.25, -0.2) is 0 Å². The number of amides is 1. The summed E-state index contributed by atoms with van der Waals surface area (Å²) in [6.07, 6.45) is 4.65. The van der Waals surface area contributed by atoms with Gasteiger partial charge in [-0.2, -0.15) is 0 Å². The average molecular weight is 180 g/mol. The number of nitrogens with two attached hydrogens (primary N) is 1. The zero-order valence-electron chi connectivity index (χ0n) is 8.13. The van der Waals surface area contributed by atoms with Crippen LogP contribution < -0.4 is 11.1 Å². The Bertz CT molecular complexity index is 252. The van der Waals surface area contributed by atoms with Crippen LogP contribution in [0.5, 0.6) is 0 Å². The van der Waals surface area contributed by atoms with Crippen LogP contribution in [0.1, 0.15) is 13.8 Å². The summed E-state index contributed by atoms with van der Waals surface area (Å²) < 4.78 is 0. The van der Waals surface area contributed by atoms with Gasteiger partial charge in [0.05, 0.1) is 0 Å². The summed E-state index contributed by atoms with van der Waals surface area (Å²) in [5.74, 6) is -0.126. The Morgan fingerprint density at radius 2 is 2.23 bits per heavy atom. The van der Waals surface area contributed by atoms with Crippen molar-refractivity contribution in [2.75, 3.05) is 6.54 Å². The fourth-order valence-electron chi connectivity index (χ4n) is 0.773. The van der Waals surface area contributed by atoms with E-state index >= 15 is 0 Å². The third kappa shape index (κ3) is 4.15. The van der Waals surface area contributed by atoms with Crippen molar-refractivity contribution in [2.24, 2.45) is 5.73 Å². The quantitative estimate of drug-likeness (QED) is 0.502. The average Bonchev–Trinajstić information content (AvgIpc) is 2.14. The lowest BCUT2D eigenvalue weighted by Gasteiger charge is -2.02. The number of hydrogen-bond donors (Lipinski definition) is 2. The molecule has 0 fully saturated rings. The Balaban J connectivity index is 4.59. The van der Waals surface area contributed by atoms with Gasteiger partial charge in [0.1, 0.15) is 0 Å². The minimum Gasteiger partial charge on any atom is -0.404 e. The first-order chi connectivity index (χ1) is 6.15. The number of hydrogen-bond acceptors (Lipinski definition) is 2. The third-order valence-electron chi connectivity index (χ3n) is 1.47. The van der Waals surface area contributed by atoms with E-state index in [1.54, 1.807) is 6.08 Å². The van der Waals surface area contributed by atoms with Crippen LogP contribution in [-0.2, 0) is 4.79 Å². The summed E-state index contributed by atoms with van der Waals surface area (Å²) in [5, 5.41) is 2.68. The standard InChI is InChI=1S/C10H16N2O/c1-4-9(6-8(3)7-11)10(13)12-5-2/h4,6-7H,1,5,11H2,2-3H3,(H,12,13)/b8-7-,9-6+. The highest BCUT2D eigenvalue weighted by atomic mass is 16.1. The second-order valence-electron chi connectivity index (χ2n) is 2.57. The monoisotopic (exact) mass is 180 g/mol. The number of rotatable bonds is 4. The molecule has 0 atom stereocenters. The van der Waals surface area contributed by atoms with Crippen molar-refractivity contribution >= 4 is 5.91 Å². The van der Waals surface area contributed by atoms with Crippen molar-refractivity contribution in [2.45, 2.75) is 13.8 Å². The number of likely N-dealkylation sites (N-methyl/N-ethyl adjacent to an activating group) is 1. The van der Waals surface area contributed by atoms with Crippen molar-refractivity contribution in [3.05, 3.63) is 36.1 Å². The minimum atomic E-state index is -0.126. The zero-order chi connectivity index (χ0) is 10.3. The van der Waals surface area contributed by atoms with Gasteiger partial charge in [-0.05, 0) is 31.7 Å². The summed E-state index contributed by atoms with van der Waals surface area (Å²) in [4.78, 5) is 11.3. The molecule has 3 heteroatoms. The van der Waals surface area contributed by atoms with E-state index in [4.69, 9.17) is 5.73 Å². The van der Waals surface area contributed by atoms with E-state index in [-0.39, 0.29) is 5.91 Å². The summed E-state index contributed by atoms with van der Waals surface area (Å²) in [5.41, 5.74) is 6.64. The second-order valence-corrected chi connectivity index (χ2v) is 2.57. The SMILES string of the molecule is C=C/C(=C\C(C)=C/N)C(=O)NCC. The molecule has 0 bridgehead atoms. The van der Waals surface area contributed by atoms with Gasteiger partial charge in [-0.3, -0.25) is 4.79 Å². The lowest BCUT2D eigenvalue weighted by Crippen LogP contribution is -2.23. The normalized spacial score (nSPS) is 12.5. The molecule has 0 saturated heterocycles. The van der Waals surface area contributed by atoms with Gasteiger partial charge in [0.2, 0.25) is 0 Å². The largest absolute Gasteiger partial charge is 0.404 e. The molecule has 13 heavy (non-hydrogen) atoms. The number of allylic oxidation sites excluding steroid dienone is 2. The maximum Gasteiger partial charge on any atom is 0.251 e. The molecular formula is C10H16N2O. The van der Waals surface area contributed by atoms with E-state index in [0.717, 1.165) is 5.57 Å². The number of nitrogens with one attached hydrogen (secondary N) is 1. The molecule has 0 aromatic heterocycles. The van der Waals surface area contributed by atoms with Gasteiger partial charge in [0, 0.05) is 12.1 Å². The summed E-state index contributed by atoms with van der Waals surface area (Å²) in [6, 6.07) is 0. The van der Waals surface area contributed by atoms with Crippen LogP contribution in [0.3, 0.4) is 0 Å². The molecule has 3 N–H and O–H groups in total. The van der Waals surface area contributed by atoms with E-state index < -0.39 is 0 Å². The molecule has 0 aromatic rings. The molecule has 1 amide bonds. The van der Waals surface area contributed by atoms with Crippen LogP contribution in [0, 0.1) is 0 Å². The van der Waals surface area contributed by atoms with Gasteiger partial charge < -0.3 is 11.1 Å². The van der Waals surface area contributed by atoms with Crippen molar-refractivity contribution in [3.63, 3.8) is 0 Å². The molecule has 0 unspecified atom stereocenters. The summed E-state index contributed by atoms with van der Waals surface area (Å²) in [7, 11) is 0. The first-order valence-electron chi connectivity index (χ1n) is 4.16. The van der Waals surface area contributed by atoms with Crippen LogP contribution in [-0.4, -0.2) is 12.5 Å². The molecule has 0 saturated carbocycles. The van der Waals surface area contributed by atoms with Crippen LogP contribution in [0.15, 0.2) is 36.1 Å². The Hall–Kier alpha value is -1.51. The van der Waals surface area contributed by atoms with Crippen molar-refractivity contribution in [1.82, 2.24) is 5.32 Å². The van der Waals surface area contributed by atoms with Gasteiger partial charge in [0.25, 0.3) is 5.91 Å². The van der Waals surface area contributed by atoms with Gasteiger partial charge in [-0.15, -0.1) is 0 Å². The van der Waals surface area contributed by atoms with Crippen LogP contribution in [0.4, 0.5) is 0 Å².